The first-order valence-corrected chi connectivity index (χ1v) is 11.1. The van der Waals surface area contributed by atoms with E-state index in [1.165, 1.54) is 14.0 Å². The standard InChI is InChI=1S/C25H30N4O5.ClH/c1-16(30)28-11-12-29-21(13-20(25(29)32)14-23(31)33-2)15-34-22-9-7-18(8-10-22)17-3-5-19(6-4-17)24(26)27;/h3-10,20-21H,11-15H2,1-2H3,(H3,26,27)(H,28,30);1H/t20-,21-;/m0./s1. The van der Waals surface area contributed by atoms with E-state index in [1.54, 1.807) is 17.0 Å². The number of likely N-dealkylation sites (tertiary alicyclic amines) is 1. The maximum Gasteiger partial charge on any atom is 0.306 e. The lowest BCUT2D eigenvalue weighted by atomic mass is 10.0. The maximum absolute atomic E-state index is 12.9. The van der Waals surface area contributed by atoms with Crippen molar-refractivity contribution in [3.05, 3.63) is 54.1 Å². The first kappa shape index (κ1) is 27.7. The molecule has 188 valence electrons. The Labute approximate surface area is 210 Å². The van der Waals surface area contributed by atoms with Crippen LogP contribution in [0.1, 0.15) is 25.3 Å². The summed E-state index contributed by atoms with van der Waals surface area (Å²) in [5.41, 5.74) is 8.16. The molecule has 9 nitrogen and oxygen atoms in total. The molecule has 1 aliphatic heterocycles. The topological polar surface area (TPSA) is 135 Å². The van der Waals surface area contributed by atoms with E-state index in [-0.39, 0.29) is 49.1 Å². The first-order valence-electron chi connectivity index (χ1n) is 11.1. The molecule has 10 heteroatoms. The van der Waals surface area contributed by atoms with Crippen LogP contribution in [0.25, 0.3) is 11.1 Å². The number of hydrogen-bond donors (Lipinski definition) is 3. The number of carbonyl (C=O) groups excluding carboxylic acids is 3. The van der Waals surface area contributed by atoms with Gasteiger partial charge in [0.1, 0.15) is 18.2 Å². The van der Waals surface area contributed by atoms with Crippen LogP contribution in [0.5, 0.6) is 5.75 Å². The minimum atomic E-state index is -0.460. The van der Waals surface area contributed by atoms with Gasteiger partial charge in [-0.1, -0.05) is 36.4 Å². The van der Waals surface area contributed by atoms with Gasteiger partial charge >= 0.3 is 5.97 Å². The summed E-state index contributed by atoms with van der Waals surface area (Å²) >= 11 is 0. The van der Waals surface area contributed by atoms with E-state index < -0.39 is 11.9 Å². The fourth-order valence-electron chi connectivity index (χ4n) is 4.01. The molecular weight excluding hydrogens is 472 g/mol. The number of carbonyl (C=O) groups is 3. The lowest BCUT2D eigenvalue weighted by Gasteiger charge is -2.25. The minimum absolute atomic E-state index is 0. The smallest absolute Gasteiger partial charge is 0.306 e. The molecule has 0 unspecified atom stereocenters. The molecule has 0 bridgehead atoms. The second-order valence-electron chi connectivity index (χ2n) is 8.21. The number of amidine groups is 1. The van der Waals surface area contributed by atoms with Gasteiger partial charge in [0.25, 0.3) is 0 Å². The molecule has 2 aromatic rings. The number of rotatable bonds is 10. The lowest BCUT2D eigenvalue weighted by molar-refractivity contribution is -0.144. The van der Waals surface area contributed by atoms with Gasteiger partial charge in [0.05, 0.1) is 25.5 Å². The van der Waals surface area contributed by atoms with Gasteiger partial charge in [0.2, 0.25) is 11.8 Å². The molecule has 3 rings (SSSR count). The highest BCUT2D eigenvalue weighted by atomic mass is 35.5. The Morgan fingerprint density at radius 3 is 2.26 bits per heavy atom. The third kappa shape index (κ3) is 7.45. The van der Waals surface area contributed by atoms with Crippen LogP contribution in [0.15, 0.2) is 48.5 Å². The number of benzene rings is 2. The van der Waals surface area contributed by atoms with E-state index in [0.29, 0.717) is 30.8 Å². The Morgan fingerprint density at radius 2 is 1.71 bits per heavy atom. The molecule has 2 atom stereocenters. The number of hydrogen-bond acceptors (Lipinski definition) is 6. The van der Waals surface area contributed by atoms with Crippen molar-refractivity contribution < 1.29 is 23.9 Å². The second-order valence-corrected chi connectivity index (χ2v) is 8.21. The Morgan fingerprint density at radius 1 is 1.11 bits per heavy atom. The normalized spacial score (nSPS) is 16.9. The summed E-state index contributed by atoms with van der Waals surface area (Å²) in [5.74, 6) is -0.488. The third-order valence-corrected chi connectivity index (χ3v) is 5.82. The van der Waals surface area contributed by atoms with E-state index in [0.717, 1.165) is 11.1 Å². The summed E-state index contributed by atoms with van der Waals surface area (Å²) < 4.78 is 10.7. The molecule has 35 heavy (non-hydrogen) atoms. The van der Waals surface area contributed by atoms with E-state index in [4.69, 9.17) is 20.6 Å². The molecule has 0 radical (unpaired) electrons. The zero-order chi connectivity index (χ0) is 24.7. The number of nitrogen functional groups attached to an aromatic ring is 1. The van der Waals surface area contributed by atoms with E-state index in [2.05, 4.69) is 5.32 Å². The average Bonchev–Trinajstić information content (AvgIpc) is 3.12. The Hall–Kier alpha value is -3.59. The van der Waals surface area contributed by atoms with Gasteiger partial charge in [-0.25, -0.2) is 0 Å². The van der Waals surface area contributed by atoms with Crippen LogP contribution in [0.2, 0.25) is 0 Å². The molecule has 4 N–H and O–H groups in total. The Balaban J connectivity index is 0.00000432. The van der Waals surface area contributed by atoms with Crippen LogP contribution in [0.4, 0.5) is 0 Å². The largest absolute Gasteiger partial charge is 0.491 e. The molecular formula is C25H31ClN4O5. The highest BCUT2D eigenvalue weighted by Gasteiger charge is 2.40. The second kappa shape index (κ2) is 12.8. The summed E-state index contributed by atoms with van der Waals surface area (Å²) in [6.07, 6.45) is 0.508. The molecule has 1 heterocycles. The molecule has 2 amide bonds. The van der Waals surface area contributed by atoms with Crippen molar-refractivity contribution in [1.82, 2.24) is 10.2 Å². The Bertz CT molecular complexity index is 1040. The van der Waals surface area contributed by atoms with Gasteiger partial charge in [0.15, 0.2) is 0 Å². The molecule has 1 saturated heterocycles. The molecule has 0 saturated carbocycles. The number of amides is 2. The third-order valence-electron chi connectivity index (χ3n) is 5.82. The van der Waals surface area contributed by atoms with E-state index in [9.17, 15) is 14.4 Å². The first-order chi connectivity index (χ1) is 16.3. The molecule has 1 aliphatic rings. The van der Waals surface area contributed by atoms with Gasteiger partial charge < -0.3 is 25.4 Å². The molecule has 0 aromatic heterocycles. The highest BCUT2D eigenvalue weighted by Crippen LogP contribution is 2.29. The molecule has 0 spiro atoms. The van der Waals surface area contributed by atoms with Gasteiger partial charge in [-0.05, 0) is 29.7 Å². The predicted octanol–water partition coefficient (Wildman–Crippen LogP) is 2.35. The Kier molecular flexibility index (Phi) is 10.1. The number of nitrogens with zero attached hydrogens (tertiary/aromatic N) is 1. The van der Waals surface area contributed by atoms with Crippen molar-refractivity contribution in [2.24, 2.45) is 11.7 Å². The molecule has 2 aromatic carbocycles. The SMILES string of the molecule is COC(=O)C[C@@H]1C[C@@H](COc2ccc(-c3ccc(C(=N)N)cc3)cc2)N(CCNC(C)=O)C1=O.Cl. The van der Waals surface area contributed by atoms with Crippen LogP contribution in [-0.4, -0.2) is 61.4 Å². The van der Waals surface area contributed by atoms with Crippen molar-refractivity contribution in [3.8, 4) is 16.9 Å². The van der Waals surface area contributed by atoms with Gasteiger partial charge in [0, 0.05) is 25.6 Å². The van der Waals surface area contributed by atoms with Crippen molar-refractivity contribution in [3.63, 3.8) is 0 Å². The van der Waals surface area contributed by atoms with E-state index in [1.807, 2.05) is 36.4 Å². The van der Waals surface area contributed by atoms with Crippen LogP contribution >= 0.6 is 12.4 Å². The van der Waals surface area contributed by atoms with Crippen LogP contribution in [0, 0.1) is 11.3 Å². The van der Waals surface area contributed by atoms with Crippen molar-refractivity contribution in [2.45, 2.75) is 25.8 Å². The summed E-state index contributed by atoms with van der Waals surface area (Å²) in [5, 5.41) is 10.2. The summed E-state index contributed by atoms with van der Waals surface area (Å²) in [4.78, 5) is 37.4. The van der Waals surface area contributed by atoms with E-state index >= 15 is 0 Å². The minimum Gasteiger partial charge on any atom is -0.491 e. The van der Waals surface area contributed by atoms with Gasteiger partial charge in [-0.2, -0.15) is 0 Å². The van der Waals surface area contributed by atoms with Gasteiger partial charge in [-0.15, -0.1) is 12.4 Å². The monoisotopic (exact) mass is 502 g/mol. The summed E-state index contributed by atoms with van der Waals surface area (Å²) in [6.45, 7) is 2.38. The summed E-state index contributed by atoms with van der Waals surface area (Å²) in [6, 6.07) is 14.8. The average molecular weight is 503 g/mol. The number of nitrogens with one attached hydrogen (secondary N) is 2. The lowest BCUT2D eigenvalue weighted by Crippen LogP contribution is -2.42. The zero-order valence-corrected chi connectivity index (χ0v) is 20.6. The maximum atomic E-state index is 12.9. The van der Waals surface area contributed by atoms with Crippen molar-refractivity contribution in [1.29, 1.82) is 5.41 Å². The number of esters is 1. The van der Waals surface area contributed by atoms with Crippen LogP contribution in [-0.2, 0) is 19.1 Å². The van der Waals surface area contributed by atoms with Crippen LogP contribution < -0.4 is 15.8 Å². The number of methoxy groups -OCH3 is 1. The van der Waals surface area contributed by atoms with Crippen LogP contribution in [0.3, 0.4) is 0 Å². The van der Waals surface area contributed by atoms with Crippen molar-refractivity contribution >= 4 is 36.0 Å². The fourth-order valence-corrected chi connectivity index (χ4v) is 4.01. The van der Waals surface area contributed by atoms with Crippen molar-refractivity contribution in [2.75, 3.05) is 26.8 Å². The quantitative estimate of drug-likeness (QED) is 0.259. The molecule has 0 aliphatic carbocycles. The van der Waals surface area contributed by atoms with Gasteiger partial charge in [-0.3, -0.25) is 19.8 Å². The fraction of sp³-hybridized carbons (Fsp3) is 0.360. The number of nitrogens with two attached hydrogens (primary N) is 1. The summed E-state index contributed by atoms with van der Waals surface area (Å²) in [7, 11) is 1.30. The highest BCUT2D eigenvalue weighted by molar-refractivity contribution is 5.95. The number of halogens is 1. The molecule has 1 fully saturated rings. The number of ether oxygens (including phenoxy) is 2. The predicted molar refractivity (Wildman–Crippen MR) is 135 cm³/mol. The zero-order valence-electron chi connectivity index (χ0n) is 19.8.